The van der Waals surface area contributed by atoms with Gasteiger partial charge in [-0.25, -0.2) is 4.39 Å². The Labute approximate surface area is 138 Å². The lowest BCUT2D eigenvalue weighted by Crippen LogP contribution is -3.12. The first-order chi connectivity index (χ1) is 10.6. The highest BCUT2D eigenvalue weighted by molar-refractivity contribution is 7.73. The van der Waals surface area contributed by atoms with Gasteiger partial charge in [-0.1, -0.05) is 30.4 Å². The summed E-state index contributed by atoms with van der Waals surface area (Å²) in [6, 6.07) is 6.59. The Kier molecular flexibility index (Phi) is 4.85. The number of rotatable bonds is 4. The standard InChI is InChI=1S/C15H19FN4S2/c1-11-5-4-8-19(9-11)10-20-15(21)22-14(18-20)17-13-7-3-2-6-12(13)16/h2-3,6-7,11H,4-5,8-10H2,1H3,(H,17,18)/p+1/t11-/m0/s1. The minimum atomic E-state index is -0.286. The van der Waals surface area contributed by atoms with Crippen LogP contribution in [0.25, 0.3) is 0 Å². The zero-order chi connectivity index (χ0) is 15.5. The maximum atomic E-state index is 13.7. The van der Waals surface area contributed by atoms with Crippen LogP contribution < -0.4 is 10.2 Å². The van der Waals surface area contributed by atoms with E-state index in [2.05, 4.69) is 17.3 Å². The third-order valence-corrected chi connectivity index (χ3v) is 5.18. The van der Waals surface area contributed by atoms with E-state index in [0.717, 1.165) is 23.1 Å². The van der Waals surface area contributed by atoms with Crippen molar-refractivity contribution in [1.82, 2.24) is 9.78 Å². The van der Waals surface area contributed by atoms with E-state index in [1.807, 2.05) is 4.68 Å². The molecule has 0 saturated carbocycles. The van der Waals surface area contributed by atoms with Gasteiger partial charge in [0, 0.05) is 5.92 Å². The number of nitrogens with one attached hydrogen (secondary N) is 2. The lowest BCUT2D eigenvalue weighted by atomic mass is 10.0. The number of halogens is 1. The molecule has 2 atom stereocenters. The lowest BCUT2D eigenvalue weighted by Gasteiger charge is -2.27. The van der Waals surface area contributed by atoms with Crippen LogP contribution in [0.2, 0.25) is 0 Å². The molecule has 1 aliphatic rings. The number of para-hydroxylation sites is 1. The predicted molar refractivity (Wildman–Crippen MR) is 89.7 cm³/mol. The summed E-state index contributed by atoms with van der Waals surface area (Å²) in [4.78, 5) is 1.51. The summed E-state index contributed by atoms with van der Waals surface area (Å²) in [5, 5.41) is 8.15. The van der Waals surface area contributed by atoms with Gasteiger partial charge in [-0.05, 0) is 37.2 Å². The monoisotopic (exact) mass is 339 g/mol. The van der Waals surface area contributed by atoms with E-state index in [4.69, 9.17) is 12.2 Å². The van der Waals surface area contributed by atoms with Gasteiger partial charge >= 0.3 is 0 Å². The summed E-state index contributed by atoms with van der Waals surface area (Å²) in [6.07, 6.45) is 2.57. The van der Waals surface area contributed by atoms with Crippen LogP contribution in [0.3, 0.4) is 0 Å². The second-order valence-electron chi connectivity index (χ2n) is 5.89. The van der Waals surface area contributed by atoms with Gasteiger partial charge < -0.3 is 10.2 Å². The van der Waals surface area contributed by atoms with Crippen molar-refractivity contribution >= 4 is 34.4 Å². The fraction of sp³-hybridized carbons (Fsp3) is 0.467. The summed E-state index contributed by atoms with van der Waals surface area (Å²) in [7, 11) is 0. The molecule has 2 N–H and O–H groups in total. The molecule has 0 radical (unpaired) electrons. The zero-order valence-corrected chi connectivity index (χ0v) is 14.1. The molecular weight excluding hydrogens is 319 g/mol. The van der Waals surface area contributed by atoms with Crippen molar-refractivity contribution in [3.8, 4) is 0 Å². The molecular formula is C15H20FN4S2+. The highest BCUT2D eigenvalue weighted by Gasteiger charge is 2.20. The van der Waals surface area contributed by atoms with Gasteiger partial charge in [0.1, 0.15) is 5.82 Å². The first kappa shape index (κ1) is 15.6. The second kappa shape index (κ2) is 6.85. The van der Waals surface area contributed by atoms with Crippen molar-refractivity contribution in [2.75, 3.05) is 18.4 Å². The normalized spacial score (nSPS) is 21.7. The zero-order valence-electron chi connectivity index (χ0n) is 12.5. The molecule has 0 amide bonds. The van der Waals surface area contributed by atoms with E-state index >= 15 is 0 Å². The molecule has 3 rings (SSSR count). The van der Waals surface area contributed by atoms with Crippen LogP contribution in [-0.2, 0) is 6.67 Å². The van der Waals surface area contributed by atoms with Gasteiger partial charge in [-0.15, -0.1) is 5.10 Å². The van der Waals surface area contributed by atoms with E-state index in [9.17, 15) is 4.39 Å². The van der Waals surface area contributed by atoms with Gasteiger partial charge in [0.15, 0.2) is 10.6 Å². The highest BCUT2D eigenvalue weighted by Crippen LogP contribution is 2.22. The Hall–Kier alpha value is -1.31. The van der Waals surface area contributed by atoms with Crippen molar-refractivity contribution < 1.29 is 9.29 Å². The van der Waals surface area contributed by atoms with Crippen molar-refractivity contribution in [3.63, 3.8) is 0 Å². The van der Waals surface area contributed by atoms with Crippen LogP contribution in [0.5, 0.6) is 0 Å². The molecule has 1 saturated heterocycles. The second-order valence-corrected chi connectivity index (χ2v) is 7.51. The van der Waals surface area contributed by atoms with E-state index in [-0.39, 0.29) is 5.82 Å². The average molecular weight is 339 g/mol. The third-order valence-electron chi connectivity index (χ3n) is 3.96. The van der Waals surface area contributed by atoms with E-state index in [0.29, 0.717) is 10.8 Å². The van der Waals surface area contributed by atoms with Crippen LogP contribution in [-0.4, -0.2) is 22.9 Å². The largest absolute Gasteiger partial charge is 0.328 e. The van der Waals surface area contributed by atoms with Crippen LogP contribution in [0, 0.1) is 15.7 Å². The number of piperidine rings is 1. The summed E-state index contributed by atoms with van der Waals surface area (Å²) in [5.41, 5.74) is 0.428. The quantitative estimate of drug-likeness (QED) is 0.841. The first-order valence-corrected chi connectivity index (χ1v) is 8.77. The minimum Gasteiger partial charge on any atom is -0.328 e. The van der Waals surface area contributed by atoms with E-state index in [1.54, 1.807) is 18.2 Å². The molecule has 2 heterocycles. The average Bonchev–Trinajstić information content (AvgIpc) is 2.81. The molecule has 1 aromatic heterocycles. The van der Waals surface area contributed by atoms with Gasteiger partial charge in [0.05, 0.1) is 18.8 Å². The molecule has 0 bridgehead atoms. The Balaban J connectivity index is 1.71. The fourth-order valence-corrected chi connectivity index (χ4v) is 3.91. The number of likely N-dealkylation sites (tertiary alicyclic amines) is 1. The molecule has 7 heteroatoms. The van der Waals surface area contributed by atoms with Crippen molar-refractivity contribution in [1.29, 1.82) is 0 Å². The Bertz CT molecular complexity index is 697. The fourth-order valence-electron chi connectivity index (χ4n) is 2.89. The maximum absolute atomic E-state index is 13.7. The smallest absolute Gasteiger partial charge is 0.209 e. The molecule has 0 spiro atoms. The van der Waals surface area contributed by atoms with E-state index in [1.165, 1.54) is 41.7 Å². The lowest BCUT2D eigenvalue weighted by molar-refractivity contribution is -0.931. The summed E-state index contributed by atoms with van der Waals surface area (Å²) >= 11 is 6.77. The number of quaternary nitrogens is 1. The van der Waals surface area contributed by atoms with Gasteiger partial charge in [0.2, 0.25) is 5.13 Å². The van der Waals surface area contributed by atoms with E-state index < -0.39 is 0 Å². The number of hydrogen-bond donors (Lipinski definition) is 2. The Morgan fingerprint density at radius 3 is 3.09 bits per heavy atom. The van der Waals surface area contributed by atoms with Crippen molar-refractivity contribution in [2.24, 2.45) is 5.92 Å². The number of anilines is 2. The molecule has 118 valence electrons. The van der Waals surface area contributed by atoms with Crippen LogP contribution in [0.1, 0.15) is 19.8 Å². The first-order valence-electron chi connectivity index (χ1n) is 7.55. The molecule has 1 fully saturated rings. The number of aromatic nitrogens is 2. The van der Waals surface area contributed by atoms with Crippen molar-refractivity contribution in [3.05, 3.63) is 34.0 Å². The molecule has 2 aromatic rings. The Morgan fingerprint density at radius 1 is 1.50 bits per heavy atom. The van der Waals surface area contributed by atoms with Crippen LogP contribution in [0.4, 0.5) is 15.2 Å². The predicted octanol–water partition coefficient (Wildman–Crippen LogP) is 2.83. The molecule has 4 nitrogen and oxygen atoms in total. The maximum Gasteiger partial charge on any atom is 0.209 e. The molecule has 22 heavy (non-hydrogen) atoms. The van der Waals surface area contributed by atoms with Gasteiger partial charge in [0.25, 0.3) is 0 Å². The molecule has 1 unspecified atom stereocenters. The highest BCUT2D eigenvalue weighted by atomic mass is 32.1. The number of hydrogen-bond acceptors (Lipinski definition) is 4. The van der Waals surface area contributed by atoms with Gasteiger partial charge in [-0.2, -0.15) is 4.68 Å². The third kappa shape index (κ3) is 3.71. The number of nitrogens with zero attached hydrogens (tertiary/aromatic N) is 2. The Morgan fingerprint density at radius 2 is 2.32 bits per heavy atom. The van der Waals surface area contributed by atoms with Crippen LogP contribution >= 0.6 is 23.6 Å². The molecule has 1 aliphatic heterocycles. The summed E-state index contributed by atoms with van der Waals surface area (Å²) < 4.78 is 16.3. The summed E-state index contributed by atoms with van der Waals surface area (Å²) in [6.45, 7) is 5.42. The molecule has 1 aromatic carbocycles. The molecule has 0 aliphatic carbocycles. The van der Waals surface area contributed by atoms with Gasteiger partial charge in [-0.3, -0.25) is 0 Å². The SMILES string of the molecule is C[C@H]1CCC[NH+](Cn2nc(Nc3ccccc3F)sc2=S)C1. The van der Waals surface area contributed by atoms with Crippen LogP contribution in [0.15, 0.2) is 24.3 Å². The minimum absolute atomic E-state index is 0.286. The summed E-state index contributed by atoms with van der Waals surface area (Å²) in [5.74, 6) is 0.471. The number of benzene rings is 1. The van der Waals surface area contributed by atoms with Crippen molar-refractivity contribution in [2.45, 2.75) is 26.4 Å². The topological polar surface area (TPSA) is 34.3 Å².